The lowest BCUT2D eigenvalue weighted by molar-refractivity contribution is -0.112. The lowest BCUT2D eigenvalue weighted by atomic mass is 10.0. The number of likely N-dealkylation sites (tertiary alicyclic amines) is 1. The predicted octanol–water partition coefficient (Wildman–Crippen LogP) is 7.46. The minimum Gasteiger partial charge on any atom is -0.489 e. The molecule has 0 unspecified atom stereocenters. The van der Waals surface area contributed by atoms with E-state index in [4.69, 9.17) is 44.0 Å². The molecule has 27 heteroatoms. The minimum absolute atomic E-state index is 0.00675. The molecule has 1 aliphatic rings. The SMILES string of the molecule is COCCOc1cc2ncnc(Nc3ccc(F)c(Cl)c3)c2cc1NC(=O)C=C1CCN(CCOC)CC1.O=S(=O)(O)c1cccc2c(S(=O)(=O)O)cccc12.O=S(=O)(O)c1cccc2c(S(=O)(=O)O)cccc12. The first-order valence-electron chi connectivity index (χ1n) is 21.7. The van der Waals surface area contributed by atoms with Crippen molar-refractivity contribution in [3.05, 3.63) is 132 Å². The molecule has 21 nitrogen and oxygen atoms in total. The zero-order valence-electron chi connectivity index (χ0n) is 39.0. The molecule has 7 aromatic rings. The summed E-state index contributed by atoms with van der Waals surface area (Å²) in [5.74, 6) is 0.184. The molecule has 0 bridgehead atoms. The van der Waals surface area contributed by atoms with E-state index in [0.717, 1.165) is 62.3 Å². The normalized spacial score (nSPS) is 13.4. The molecular formula is C47H47ClFN5O16S4. The number of hydrogen-bond acceptors (Lipinski definition) is 16. The van der Waals surface area contributed by atoms with Gasteiger partial charge in [-0.05, 0) is 61.4 Å². The second kappa shape index (κ2) is 24.4. The van der Waals surface area contributed by atoms with Crippen molar-refractivity contribution in [3.63, 3.8) is 0 Å². The van der Waals surface area contributed by atoms with Crippen molar-refractivity contribution in [2.45, 2.75) is 32.4 Å². The fourth-order valence-corrected chi connectivity index (χ4v) is 10.5. The van der Waals surface area contributed by atoms with Gasteiger partial charge in [0.1, 0.15) is 49.9 Å². The fourth-order valence-electron chi connectivity index (χ4n) is 7.53. The summed E-state index contributed by atoms with van der Waals surface area (Å²) in [6, 6.07) is 22.9. The van der Waals surface area contributed by atoms with Crippen LogP contribution in [0.4, 0.5) is 21.6 Å². The quantitative estimate of drug-likeness (QED) is 0.0329. The number of rotatable bonds is 15. The van der Waals surface area contributed by atoms with E-state index in [2.05, 4.69) is 25.5 Å². The molecule has 1 amide bonds. The number of anilines is 3. The van der Waals surface area contributed by atoms with Crippen LogP contribution in [0.2, 0.25) is 5.02 Å². The average molecular weight is 1120 g/mol. The average Bonchev–Trinajstić information content (AvgIpc) is 3.33. The van der Waals surface area contributed by atoms with Gasteiger partial charge in [-0.1, -0.05) is 65.7 Å². The van der Waals surface area contributed by atoms with Crippen LogP contribution in [-0.2, 0) is 54.7 Å². The maximum Gasteiger partial charge on any atom is 0.295 e. The van der Waals surface area contributed by atoms with Crippen molar-refractivity contribution < 1.29 is 75.3 Å². The van der Waals surface area contributed by atoms with Gasteiger partial charge in [-0.15, -0.1) is 0 Å². The number of fused-ring (bicyclic) bond motifs is 3. The molecule has 0 saturated carbocycles. The van der Waals surface area contributed by atoms with Gasteiger partial charge in [0, 0.05) is 78.6 Å². The van der Waals surface area contributed by atoms with E-state index >= 15 is 0 Å². The highest BCUT2D eigenvalue weighted by atomic mass is 35.5. The smallest absolute Gasteiger partial charge is 0.295 e. The molecule has 394 valence electrons. The topological polar surface area (TPSA) is 315 Å². The van der Waals surface area contributed by atoms with Gasteiger partial charge in [0.2, 0.25) is 5.91 Å². The summed E-state index contributed by atoms with van der Waals surface area (Å²) >= 11 is 5.94. The van der Waals surface area contributed by atoms with E-state index in [1.807, 2.05) is 0 Å². The summed E-state index contributed by atoms with van der Waals surface area (Å²) in [5.41, 5.74) is 2.73. The van der Waals surface area contributed by atoms with Gasteiger partial charge in [0.25, 0.3) is 40.5 Å². The number of carbonyl (C=O) groups is 1. The third kappa shape index (κ3) is 14.9. The first-order valence-corrected chi connectivity index (χ1v) is 27.8. The summed E-state index contributed by atoms with van der Waals surface area (Å²) in [7, 11) is -14.6. The monoisotopic (exact) mass is 1120 g/mol. The molecule has 0 radical (unpaired) electrons. The number of aromatic nitrogens is 2. The van der Waals surface area contributed by atoms with Crippen molar-refractivity contribution in [1.29, 1.82) is 0 Å². The Balaban J connectivity index is 0.000000205. The van der Waals surface area contributed by atoms with Crippen LogP contribution in [0.5, 0.6) is 5.75 Å². The Hall–Kier alpha value is -6.27. The molecule has 6 N–H and O–H groups in total. The van der Waals surface area contributed by atoms with E-state index in [1.165, 1.54) is 67.0 Å². The van der Waals surface area contributed by atoms with Gasteiger partial charge in [0.05, 0.1) is 29.4 Å². The zero-order valence-corrected chi connectivity index (χ0v) is 43.1. The molecule has 8 rings (SSSR count). The Morgan fingerprint density at radius 2 is 1.15 bits per heavy atom. The highest BCUT2D eigenvalue weighted by molar-refractivity contribution is 7.87. The van der Waals surface area contributed by atoms with Gasteiger partial charge >= 0.3 is 0 Å². The number of hydrogen-bond donors (Lipinski definition) is 6. The Labute approximate surface area is 429 Å². The van der Waals surface area contributed by atoms with Crippen molar-refractivity contribution >= 4 is 108 Å². The fraction of sp³-hybridized carbons (Fsp3) is 0.213. The first-order chi connectivity index (χ1) is 34.9. The van der Waals surface area contributed by atoms with Crippen LogP contribution in [0.15, 0.2) is 141 Å². The standard InChI is InChI=1S/C27H31ClFN5O4.2C10H8O6S2/c1-36-10-9-34-7-5-18(6-8-34)13-26(35)33-24-15-20-23(16-25(24)38-12-11-37-2)30-17-31-27(20)32-19-3-4-22(29)21(28)14-19;2*11-17(12,13)9-5-1-3-7-8(9)4-2-6-10(7)18(14,15)16/h3-4,13-17H,5-12H2,1-2H3,(H,33,35)(H,30,31,32);2*1-6H,(H,11,12,13)(H,14,15,16). The van der Waals surface area contributed by atoms with Crippen molar-refractivity contribution in [3.8, 4) is 5.75 Å². The summed E-state index contributed by atoms with van der Waals surface area (Å²) in [4.78, 5) is 22.4. The lowest BCUT2D eigenvalue weighted by Gasteiger charge is -2.27. The van der Waals surface area contributed by atoms with Crippen molar-refractivity contribution in [2.24, 2.45) is 0 Å². The molecule has 1 aromatic heterocycles. The van der Waals surface area contributed by atoms with Crippen LogP contribution < -0.4 is 15.4 Å². The van der Waals surface area contributed by atoms with Crippen molar-refractivity contribution in [2.75, 3.05) is 64.3 Å². The molecule has 0 atom stereocenters. The van der Waals surface area contributed by atoms with E-state index in [9.17, 15) is 42.9 Å². The first kappa shape index (κ1) is 57.0. The molecule has 74 heavy (non-hydrogen) atoms. The number of amides is 1. The second-order valence-corrected chi connectivity index (χ2v) is 21.9. The summed E-state index contributed by atoms with van der Waals surface area (Å²) < 4.78 is 155. The number of methoxy groups -OCH3 is 2. The minimum atomic E-state index is -4.47. The molecular weight excluding hydrogens is 1070 g/mol. The number of halogens is 2. The summed E-state index contributed by atoms with van der Waals surface area (Å²) in [6.07, 6.45) is 4.73. The van der Waals surface area contributed by atoms with Crippen LogP contribution >= 0.6 is 11.6 Å². The van der Waals surface area contributed by atoms with Gasteiger partial charge in [0.15, 0.2) is 0 Å². The maximum atomic E-state index is 13.6. The third-order valence-electron chi connectivity index (χ3n) is 11.0. The summed E-state index contributed by atoms with van der Waals surface area (Å²) in [6.45, 7) is 4.05. The van der Waals surface area contributed by atoms with Gasteiger partial charge < -0.3 is 29.7 Å². The van der Waals surface area contributed by atoms with Crippen LogP contribution in [0, 0.1) is 5.82 Å². The van der Waals surface area contributed by atoms with Crippen molar-refractivity contribution in [1.82, 2.24) is 14.9 Å². The number of ether oxygens (including phenoxy) is 3. The predicted molar refractivity (Wildman–Crippen MR) is 273 cm³/mol. The number of nitrogens with zero attached hydrogens (tertiary/aromatic N) is 3. The number of benzene rings is 6. The van der Waals surface area contributed by atoms with E-state index in [0.29, 0.717) is 53.7 Å². The highest BCUT2D eigenvalue weighted by Gasteiger charge is 2.22. The van der Waals surface area contributed by atoms with E-state index < -0.39 is 65.9 Å². The van der Waals surface area contributed by atoms with Gasteiger partial charge in [-0.3, -0.25) is 23.0 Å². The Morgan fingerprint density at radius 1 is 0.662 bits per heavy atom. The lowest BCUT2D eigenvalue weighted by Crippen LogP contribution is -2.33. The molecule has 0 spiro atoms. The molecule has 1 saturated heterocycles. The van der Waals surface area contributed by atoms with Gasteiger partial charge in [-0.2, -0.15) is 33.7 Å². The van der Waals surface area contributed by atoms with Crippen LogP contribution in [0.1, 0.15) is 12.8 Å². The number of carbonyl (C=O) groups excluding carboxylic acids is 1. The second-order valence-electron chi connectivity index (χ2n) is 15.9. The number of nitrogens with one attached hydrogen (secondary N) is 2. The Morgan fingerprint density at radius 3 is 1.59 bits per heavy atom. The largest absolute Gasteiger partial charge is 0.489 e. The highest BCUT2D eigenvalue weighted by Crippen LogP contribution is 2.35. The van der Waals surface area contributed by atoms with Crippen LogP contribution in [0.3, 0.4) is 0 Å². The Bertz CT molecular complexity index is 3430. The summed E-state index contributed by atoms with van der Waals surface area (Å²) in [5, 5.41) is 6.84. The van der Waals surface area contributed by atoms with Crippen LogP contribution in [0.25, 0.3) is 32.4 Å². The van der Waals surface area contributed by atoms with Gasteiger partial charge in [-0.25, -0.2) is 14.4 Å². The zero-order chi connectivity index (χ0) is 54.0. The van der Waals surface area contributed by atoms with Crippen LogP contribution in [-0.4, -0.2) is 126 Å². The molecule has 6 aromatic carbocycles. The maximum absolute atomic E-state index is 13.6. The molecule has 2 heterocycles. The molecule has 1 fully saturated rings. The van der Waals surface area contributed by atoms with E-state index in [-0.39, 0.29) is 32.5 Å². The third-order valence-corrected chi connectivity index (χ3v) is 14.9. The molecule has 0 aliphatic carbocycles. The van der Waals surface area contributed by atoms with E-state index in [1.54, 1.807) is 38.5 Å². The number of piperidine rings is 1. The Kier molecular flexibility index (Phi) is 18.8. The molecule has 1 aliphatic heterocycles.